The van der Waals surface area contributed by atoms with Gasteiger partial charge in [-0.2, -0.15) is 18.6 Å². The van der Waals surface area contributed by atoms with Crippen LogP contribution in [0.4, 0.5) is 11.9 Å². The lowest BCUT2D eigenvalue weighted by Crippen LogP contribution is -2.16. The van der Waals surface area contributed by atoms with Crippen LogP contribution >= 0.6 is 58.2 Å². The minimum Gasteiger partial charge on any atom is -0.369 e. The number of nitrogens with zero attached hydrogens (tertiary/aromatic N) is 6. The van der Waals surface area contributed by atoms with Gasteiger partial charge in [0.1, 0.15) is 6.35 Å². The summed E-state index contributed by atoms with van der Waals surface area (Å²) < 4.78 is 90.2. The van der Waals surface area contributed by atoms with E-state index in [-0.39, 0.29) is 65.0 Å². The summed E-state index contributed by atoms with van der Waals surface area (Å²) in [6, 6.07) is 0. The smallest absolute Gasteiger partial charge is 0.369 e. The molecule has 31 nitrogen and oxygen atoms in total. The van der Waals surface area contributed by atoms with Gasteiger partial charge in [0.15, 0.2) is 22.3 Å². The van der Waals surface area contributed by atoms with Crippen molar-refractivity contribution in [2.24, 2.45) is 11.8 Å². The molecule has 0 spiro atoms. The summed E-state index contributed by atoms with van der Waals surface area (Å²) in [5, 5.41) is 0. The van der Waals surface area contributed by atoms with Crippen molar-refractivity contribution in [1.29, 1.82) is 0 Å². The first-order chi connectivity index (χ1) is 26.3. The molecule has 0 bridgehead atoms. The zero-order chi connectivity index (χ0) is 44.1. The standard InChI is InChI=1S/C10H18N5O11P3.C10H18N5O10P3S/c1-6(2-15-4-12-7-8(15)13-10(11)14-9(7)16)3-24-5-27(17,18)25-29(22,23)26-28(19,20)21;1-6(2-15-4-12-7-8(15)13-10(11)14-9(7)16)3-29-5-26(17,18)24-28(22,23)25-27(19,20)21/h2*4,6H,2-3,5H2,1H3,(H,17,18)(H,22,23)(H2,19,20,21)(H3,11,13,14,16)/t2*6-/m01/s1. The summed E-state index contributed by atoms with van der Waals surface area (Å²) in [6.07, 6.45) is 1.70. The number of hydrogen-bond acceptors (Lipinski definition) is 20. The molecule has 0 amide bonds. The molecule has 0 saturated heterocycles. The summed E-state index contributed by atoms with van der Waals surface area (Å²) in [5.41, 5.74) is 10.0. The van der Waals surface area contributed by atoms with Crippen LogP contribution in [0.1, 0.15) is 13.8 Å². The molecule has 328 valence electrons. The molecule has 58 heavy (non-hydrogen) atoms. The maximum absolute atomic E-state index is 11.8. The van der Waals surface area contributed by atoms with Crippen LogP contribution in [0.5, 0.6) is 0 Å². The Balaban J connectivity index is 0.000000310. The van der Waals surface area contributed by atoms with E-state index in [0.29, 0.717) is 6.54 Å². The molecule has 0 aromatic carbocycles. The normalized spacial score (nSPS) is 17.7. The van der Waals surface area contributed by atoms with Crippen molar-refractivity contribution >= 4 is 92.5 Å². The number of nitrogens with two attached hydrogens (primary N) is 2. The molecular formula is C20H36N10O21P6S. The van der Waals surface area contributed by atoms with Crippen LogP contribution in [0.15, 0.2) is 22.2 Å². The van der Waals surface area contributed by atoms with Crippen LogP contribution < -0.4 is 22.6 Å². The molecule has 4 rings (SSSR count). The lowest BCUT2D eigenvalue weighted by molar-refractivity contribution is 0.119. The molecular weight excluding hydrogens is 934 g/mol. The first kappa shape index (κ1) is 49.9. The highest BCUT2D eigenvalue weighted by molar-refractivity contribution is 8.04. The molecule has 0 radical (unpaired) electrons. The zero-order valence-corrected chi connectivity index (χ0v) is 35.5. The molecule has 4 unspecified atom stereocenters. The van der Waals surface area contributed by atoms with E-state index in [4.69, 9.17) is 45.6 Å². The van der Waals surface area contributed by atoms with E-state index in [1.165, 1.54) is 17.2 Å². The Bertz CT molecular complexity index is 2330. The fourth-order valence-corrected chi connectivity index (χ4v) is 12.9. The number of fused-ring (bicyclic) bond motifs is 2. The van der Waals surface area contributed by atoms with E-state index in [1.54, 1.807) is 18.4 Å². The average molecular weight is 970 g/mol. The maximum atomic E-state index is 11.8. The third kappa shape index (κ3) is 16.9. The lowest BCUT2D eigenvalue weighted by atomic mass is 10.2. The second kappa shape index (κ2) is 19.5. The number of anilines is 2. The fourth-order valence-electron chi connectivity index (χ4n) is 4.39. The van der Waals surface area contributed by atoms with Gasteiger partial charge in [-0.15, -0.1) is 11.8 Å². The van der Waals surface area contributed by atoms with Crippen molar-refractivity contribution in [2.45, 2.75) is 26.9 Å². The average Bonchev–Trinajstić information content (AvgIpc) is 3.57. The predicted octanol–water partition coefficient (Wildman–Crippen LogP) is 0.164. The van der Waals surface area contributed by atoms with Gasteiger partial charge in [-0.05, 0) is 17.6 Å². The van der Waals surface area contributed by atoms with Gasteiger partial charge in [0.2, 0.25) is 11.9 Å². The third-order valence-electron chi connectivity index (χ3n) is 6.20. The first-order valence-corrected chi connectivity index (χ1v) is 25.9. The predicted molar refractivity (Wildman–Crippen MR) is 199 cm³/mol. The van der Waals surface area contributed by atoms with Gasteiger partial charge in [-0.25, -0.2) is 36.8 Å². The Morgan fingerprint density at radius 3 is 1.53 bits per heavy atom. The van der Waals surface area contributed by atoms with E-state index >= 15 is 0 Å². The fraction of sp³-hybridized carbons (Fsp3) is 0.500. The Labute approximate surface area is 327 Å². The Morgan fingerprint density at radius 1 is 0.690 bits per heavy atom. The number of hydrogen-bond donors (Lipinski definition) is 12. The molecule has 4 heterocycles. The molecule has 0 aliphatic carbocycles. The van der Waals surface area contributed by atoms with E-state index in [1.807, 2.05) is 0 Å². The van der Waals surface area contributed by atoms with E-state index in [2.05, 4.69) is 47.1 Å². The van der Waals surface area contributed by atoms with E-state index in [0.717, 1.165) is 11.8 Å². The van der Waals surface area contributed by atoms with E-state index in [9.17, 15) is 46.8 Å². The molecule has 0 saturated carbocycles. The summed E-state index contributed by atoms with van der Waals surface area (Å²) in [5.74, 6) is -0.344. The van der Waals surface area contributed by atoms with Crippen molar-refractivity contribution in [1.82, 2.24) is 39.0 Å². The summed E-state index contributed by atoms with van der Waals surface area (Å²) >= 11 is 0.894. The minimum atomic E-state index is -5.50. The van der Waals surface area contributed by atoms with Gasteiger partial charge in [0, 0.05) is 13.1 Å². The summed E-state index contributed by atoms with van der Waals surface area (Å²) in [6.45, 7) is 3.88. The minimum absolute atomic E-state index is 0.0735. The summed E-state index contributed by atoms with van der Waals surface area (Å²) in [4.78, 5) is 115. The number of nitrogens with one attached hydrogen (secondary N) is 2. The van der Waals surface area contributed by atoms with Gasteiger partial charge in [0.05, 0.1) is 24.8 Å². The lowest BCUT2D eigenvalue weighted by Gasteiger charge is -2.18. The topological polar surface area (TPSA) is 490 Å². The molecule has 0 aliphatic rings. The van der Waals surface area contributed by atoms with Crippen LogP contribution in [0, 0.1) is 11.8 Å². The number of ether oxygens (including phenoxy) is 1. The number of nitrogen functional groups attached to an aromatic ring is 2. The molecule has 14 N–H and O–H groups in total. The number of aromatic nitrogens is 8. The van der Waals surface area contributed by atoms with Crippen LogP contribution in [0.25, 0.3) is 22.3 Å². The van der Waals surface area contributed by atoms with Gasteiger partial charge in [0.25, 0.3) is 11.1 Å². The van der Waals surface area contributed by atoms with Crippen molar-refractivity contribution in [3.8, 4) is 0 Å². The second-order valence-electron chi connectivity index (χ2n) is 11.8. The zero-order valence-electron chi connectivity index (χ0n) is 29.4. The van der Waals surface area contributed by atoms with Gasteiger partial charge in [-0.3, -0.25) is 28.7 Å². The van der Waals surface area contributed by atoms with Crippen LogP contribution in [-0.2, 0) is 62.5 Å². The van der Waals surface area contributed by atoms with Crippen molar-refractivity contribution in [3.63, 3.8) is 0 Å². The van der Waals surface area contributed by atoms with Crippen molar-refractivity contribution in [2.75, 3.05) is 35.7 Å². The number of imidazole rings is 2. The van der Waals surface area contributed by atoms with E-state index < -0.39 is 69.4 Å². The quantitative estimate of drug-likeness (QED) is 0.0525. The Morgan fingerprint density at radius 2 is 1.10 bits per heavy atom. The molecule has 4 aromatic rings. The van der Waals surface area contributed by atoms with Crippen LogP contribution in [0.2, 0.25) is 0 Å². The number of thioether (sulfide) groups is 1. The van der Waals surface area contributed by atoms with Crippen LogP contribution in [0.3, 0.4) is 0 Å². The Kier molecular flexibility index (Phi) is 16.7. The maximum Gasteiger partial charge on any atom is 0.488 e. The van der Waals surface area contributed by atoms with Gasteiger partial charge < -0.3 is 64.5 Å². The first-order valence-electron chi connectivity index (χ1n) is 15.2. The van der Waals surface area contributed by atoms with Crippen molar-refractivity contribution in [3.05, 3.63) is 33.4 Å². The third-order valence-corrected chi connectivity index (χ3v) is 16.6. The van der Waals surface area contributed by atoms with Gasteiger partial charge >= 0.3 is 46.5 Å². The van der Waals surface area contributed by atoms with Crippen LogP contribution in [-0.4, -0.2) is 102 Å². The van der Waals surface area contributed by atoms with Crippen molar-refractivity contribution < 1.29 is 88.5 Å². The number of phosphoric acid groups is 4. The summed E-state index contributed by atoms with van der Waals surface area (Å²) in [7, 11) is -31.3. The highest BCUT2D eigenvalue weighted by atomic mass is 32.2. The largest absolute Gasteiger partial charge is 0.488 e. The number of aromatic amines is 2. The highest BCUT2D eigenvalue weighted by Gasteiger charge is 2.40. The second-order valence-corrected chi connectivity index (χ2v) is 22.8. The monoisotopic (exact) mass is 970 g/mol. The molecule has 4 aromatic heterocycles. The number of H-pyrrole nitrogens is 2. The van der Waals surface area contributed by atoms with Gasteiger partial charge in [-0.1, -0.05) is 13.8 Å². The SMILES string of the molecule is C[C@@H](CSCP(=O)(O)OP(=O)(O)OP(=O)(O)O)Cn1cnc2c(=O)[nH]c(N)nc21.C[C@H](COCP(=O)(O)OP(=O)(O)OP(=O)(O)O)Cn1cnc2c(=O)[nH]c(N)nc21. The molecule has 38 heteroatoms. The number of rotatable bonds is 20. The highest BCUT2D eigenvalue weighted by Crippen LogP contribution is 2.67. The molecule has 6 atom stereocenters. The molecule has 0 fully saturated rings. The molecule has 0 aliphatic heterocycles. The Hall–Kier alpha value is -2.49.